The molecule has 0 aromatic heterocycles. The maximum atomic E-state index is 11.4. The van der Waals surface area contributed by atoms with Crippen molar-refractivity contribution in [1.29, 1.82) is 0 Å². The van der Waals surface area contributed by atoms with E-state index in [1.807, 2.05) is 0 Å². The van der Waals surface area contributed by atoms with Gasteiger partial charge < -0.3 is 14.2 Å². The van der Waals surface area contributed by atoms with Crippen LogP contribution >= 0.6 is 0 Å². The molecule has 0 aromatic rings. The SMILES string of the molecule is C=CC(=O)OCCOCCOC(=O)C[S+](CC)CC. The van der Waals surface area contributed by atoms with E-state index < -0.39 is 5.97 Å². The number of carbonyl (C=O) groups is 2. The molecule has 5 nitrogen and oxygen atoms in total. The van der Waals surface area contributed by atoms with Gasteiger partial charge in [-0.15, -0.1) is 0 Å². The molecule has 0 rings (SSSR count). The van der Waals surface area contributed by atoms with Crippen molar-refractivity contribution in [3.8, 4) is 0 Å². The lowest BCUT2D eigenvalue weighted by atomic mass is 10.6. The van der Waals surface area contributed by atoms with Crippen LogP contribution in [0.2, 0.25) is 0 Å². The first-order valence-corrected chi connectivity index (χ1v) is 8.03. The van der Waals surface area contributed by atoms with E-state index in [1.165, 1.54) is 0 Å². The summed E-state index contributed by atoms with van der Waals surface area (Å²) < 4.78 is 14.9. The minimum Gasteiger partial charge on any atom is -0.460 e. The first-order chi connectivity index (χ1) is 9.13. The zero-order chi connectivity index (χ0) is 14.5. The van der Waals surface area contributed by atoms with Gasteiger partial charge in [-0.1, -0.05) is 6.58 Å². The van der Waals surface area contributed by atoms with Crippen molar-refractivity contribution < 1.29 is 23.8 Å². The van der Waals surface area contributed by atoms with Gasteiger partial charge in [0.1, 0.15) is 24.7 Å². The molecule has 0 aromatic carbocycles. The van der Waals surface area contributed by atoms with Crippen molar-refractivity contribution in [2.75, 3.05) is 43.7 Å². The highest BCUT2D eigenvalue weighted by Gasteiger charge is 2.18. The maximum Gasteiger partial charge on any atom is 0.356 e. The lowest BCUT2D eigenvalue weighted by molar-refractivity contribution is -0.142. The second-order valence-electron chi connectivity index (χ2n) is 3.54. The lowest BCUT2D eigenvalue weighted by Gasteiger charge is -2.07. The Balaban J connectivity index is 3.41. The van der Waals surface area contributed by atoms with Crippen LogP contribution in [0.1, 0.15) is 13.8 Å². The van der Waals surface area contributed by atoms with Gasteiger partial charge in [0.05, 0.1) is 13.2 Å². The summed E-state index contributed by atoms with van der Waals surface area (Å²) in [5, 5.41) is 0. The van der Waals surface area contributed by atoms with Crippen molar-refractivity contribution >= 4 is 22.8 Å². The maximum absolute atomic E-state index is 11.4. The second kappa shape index (κ2) is 12.0. The van der Waals surface area contributed by atoms with Gasteiger partial charge in [0.2, 0.25) is 5.75 Å². The summed E-state index contributed by atoms with van der Waals surface area (Å²) >= 11 is 0. The fourth-order valence-electron chi connectivity index (χ4n) is 1.19. The monoisotopic (exact) mass is 291 g/mol. The highest BCUT2D eigenvalue weighted by molar-refractivity contribution is 7.97. The molecule has 0 amide bonds. The fourth-order valence-corrected chi connectivity index (χ4v) is 2.43. The largest absolute Gasteiger partial charge is 0.460 e. The Morgan fingerprint density at radius 2 is 1.63 bits per heavy atom. The summed E-state index contributed by atoms with van der Waals surface area (Å²) in [5.74, 6) is 1.87. The lowest BCUT2D eigenvalue weighted by Crippen LogP contribution is -2.23. The molecule has 6 heteroatoms. The van der Waals surface area contributed by atoms with Crippen LogP contribution in [0.5, 0.6) is 0 Å². The third-order valence-corrected chi connectivity index (χ3v) is 4.54. The van der Waals surface area contributed by atoms with Crippen LogP contribution < -0.4 is 0 Å². The van der Waals surface area contributed by atoms with Crippen LogP contribution in [-0.4, -0.2) is 55.6 Å². The molecule has 110 valence electrons. The van der Waals surface area contributed by atoms with E-state index in [1.54, 1.807) is 0 Å². The van der Waals surface area contributed by atoms with E-state index in [0.717, 1.165) is 17.6 Å². The number of esters is 2. The van der Waals surface area contributed by atoms with Crippen molar-refractivity contribution in [2.45, 2.75) is 13.8 Å². The average molecular weight is 291 g/mol. The molecule has 0 bridgehead atoms. The van der Waals surface area contributed by atoms with E-state index in [0.29, 0.717) is 12.4 Å². The van der Waals surface area contributed by atoms with Crippen molar-refractivity contribution in [2.24, 2.45) is 0 Å². The molecule has 0 fully saturated rings. The molecule has 0 aliphatic carbocycles. The molecule has 0 N–H and O–H groups in total. The zero-order valence-corrected chi connectivity index (χ0v) is 12.5. The quantitative estimate of drug-likeness (QED) is 0.245. The molecule has 0 atom stereocenters. The van der Waals surface area contributed by atoms with Crippen LogP contribution in [0.15, 0.2) is 12.7 Å². The molecule has 19 heavy (non-hydrogen) atoms. The predicted molar refractivity (Wildman–Crippen MR) is 76.2 cm³/mol. The molecular weight excluding hydrogens is 268 g/mol. The van der Waals surface area contributed by atoms with Gasteiger partial charge in [0.15, 0.2) is 0 Å². The minimum absolute atomic E-state index is 0.133. The Morgan fingerprint density at radius 3 is 2.16 bits per heavy atom. The van der Waals surface area contributed by atoms with Crippen LogP contribution in [0, 0.1) is 0 Å². The highest BCUT2D eigenvalue weighted by Crippen LogP contribution is 1.97. The van der Waals surface area contributed by atoms with Gasteiger partial charge in [0, 0.05) is 6.08 Å². The summed E-state index contributed by atoms with van der Waals surface area (Å²) in [5.41, 5.74) is 0. The normalized spacial score (nSPS) is 10.3. The number of ether oxygens (including phenoxy) is 3. The van der Waals surface area contributed by atoms with E-state index in [9.17, 15) is 9.59 Å². The summed E-state index contributed by atoms with van der Waals surface area (Å²) in [7, 11) is 0.133. The predicted octanol–water partition coefficient (Wildman–Crippen LogP) is 0.933. The van der Waals surface area contributed by atoms with Crippen LogP contribution in [0.4, 0.5) is 0 Å². The third kappa shape index (κ3) is 10.6. The van der Waals surface area contributed by atoms with Gasteiger partial charge in [-0.05, 0) is 24.7 Å². The van der Waals surface area contributed by atoms with Crippen LogP contribution in [0.25, 0.3) is 0 Å². The number of hydrogen-bond acceptors (Lipinski definition) is 5. The Morgan fingerprint density at radius 1 is 1.05 bits per heavy atom. The molecular formula is C13H23O5S+. The van der Waals surface area contributed by atoms with E-state index in [4.69, 9.17) is 14.2 Å². The number of carbonyl (C=O) groups excluding carboxylic acids is 2. The van der Waals surface area contributed by atoms with E-state index in [-0.39, 0.29) is 36.7 Å². The molecule has 0 radical (unpaired) electrons. The molecule has 0 heterocycles. The number of rotatable bonds is 11. The smallest absolute Gasteiger partial charge is 0.356 e. The average Bonchev–Trinajstić information content (AvgIpc) is 2.43. The van der Waals surface area contributed by atoms with E-state index >= 15 is 0 Å². The van der Waals surface area contributed by atoms with Crippen molar-refractivity contribution in [3.05, 3.63) is 12.7 Å². The highest BCUT2D eigenvalue weighted by atomic mass is 32.2. The number of hydrogen-bond donors (Lipinski definition) is 0. The molecule has 0 aliphatic heterocycles. The Hall–Kier alpha value is -1.01. The van der Waals surface area contributed by atoms with Crippen molar-refractivity contribution in [1.82, 2.24) is 0 Å². The Labute approximate surface area is 117 Å². The van der Waals surface area contributed by atoms with Gasteiger partial charge in [-0.2, -0.15) is 0 Å². The molecule has 0 saturated carbocycles. The molecule has 0 spiro atoms. The van der Waals surface area contributed by atoms with Gasteiger partial charge in [-0.3, -0.25) is 0 Å². The second-order valence-corrected chi connectivity index (χ2v) is 6.21. The minimum atomic E-state index is -0.471. The summed E-state index contributed by atoms with van der Waals surface area (Å²) in [6.45, 7) is 8.43. The Bertz CT molecular complexity index is 276. The zero-order valence-electron chi connectivity index (χ0n) is 11.7. The molecule has 0 saturated heterocycles. The Kier molecular flexibility index (Phi) is 11.4. The molecule has 0 unspecified atom stereocenters. The van der Waals surface area contributed by atoms with Crippen LogP contribution in [0.3, 0.4) is 0 Å². The standard InChI is InChI=1S/C13H23O5S/c1-4-12(14)17-9-7-16-8-10-18-13(15)11-19(5-2)6-3/h4H,1,5-11H2,2-3H3/q+1. The van der Waals surface area contributed by atoms with E-state index in [2.05, 4.69) is 20.4 Å². The first-order valence-electron chi connectivity index (χ1n) is 6.30. The van der Waals surface area contributed by atoms with Crippen LogP contribution in [-0.2, 0) is 34.7 Å². The van der Waals surface area contributed by atoms with Gasteiger partial charge in [-0.25, -0.2) is 9.59 Å². The first kappa shape index (κ1) is 18.0. The van der Waals surface area contributed by atoms with Gasteiger partial charge >= 0.3 is 11.9 Å². The van der Waals surface area contributed by atoms with Crippen molar-refractivity contribution in [3.63, 3.8) is 0 Å². The topological polar surface area (TPSA) is 61.8 Å². The summed E-state index contributed by atoms with van der Waals surface area (Å²) in [4.78, 5) is 22.1. The van der Waals surface area contributed by atoms with Gasteiger partial charge in [0.25, 0.3) is 0 Å². The summed E-state index contributed by atoms with van der Waals surface area (Å²) in [6.07, 6.45) is 1.10. The fraction of sp³-hybridized carbons (Fsp3) is 0.692. The third-order valence-electron chi connectivity index (χ3n) is 2.27. The summed E-state index contributed by atoms with van der Waals surface area (Å²) in [6, 6.07) is 0. The molecule has 0 aliphatic rings.